The van der Waals surface area contributed by atoms with E-state index in [-0.39, 0.29) is 11.4 Å². The van der Waals surface area contributed by atoms with Gasteiger partial charge in [-0.3, -0.25) is 0 Å². The summed E-state index contributed by atoms with van der Waals surface area (Å²) in [5.74, 6) is 0.197. The molecule has 0 aliphatic rings. The SMILES string of the molecule is COc1ccc([C@H](O)C(F)(F)F)cn1. The van der Waals surface area contributed by atoms with Gasteiger partial charge in [0.05, 0.1) is 7.11 Å². The maximum atomic E-state index is 12.0. The largest absolute Gasteiger partial charge is 0.481 e. The average Bonchev–Trinajstić information content (AvgIpc) is 2.15. The van der Waals surface area contributed by atoms with Gasteiger partial charge >= 0.3 is 6.18 Å². The number of aromatic nitrogens is 1. The first-order chi connectivity index (χ1) is 6.45. The fraction of sp³-hybridized carbons (Fsp3) is 0.375. The lowest BCUT2D eigenvalue weighted by atomic mass is 10.1. The van der Waals surface area contributed by atoms with Gasteiger partial charge in [-0.2, -0.15) is 13.2 Å². The maximum Gasteiger partial charge on any atom is 0.418 e. The lowest BCUT2D eigenvalue weighted by Gasteiger charge is -2.14. The number of ether oxygens (including phenoxy) is 1. The number of methoxy groups -OCH3 is 1. The monoisotopic (exact) mass is 207 g/mol. The molecule has 0 radical (unpaired) electrons. The summed E-state index contributed by atoms with van der Waals surface area (Å²) in [4.78, 5) is 3.55. The molecule has 0 aromatic carbocycles. The maximum absolute atomic E-state index is 12.0. The molecule has 1 atom stereocenters. The smallest absolute Gasteiger partial charge is 0.418 e. The van der Waals surface area contributed by atoms with Crippen LogP contribution in [0.5, 0.6) is 5.88 Å². The molecule has 0 saturated heterocycles. The number of halogens is 3. The number of pyridine rings is 1. The first-order valence-electron chi connectivity index (χ1n) is 3.70. The van der Waals surface area contributed by atoms with E-state index in [0.717, 1.165) is 12.3 Å². The third-order valence-electron chi connectivity index (χ3n) is 1.59. The molecule has 3 nitrogen and oxygen atoms in total. The molecule has 14 heavy (non-hydrogen) atoms. The molecule has 1 rings (SSSR count). The second-order valence-electron chi connectivity index (χ2n) is 2.58. The van der Waals surface area contributed by atoms with E-state index in [9.17, 15) is 13.2 Å². The molecule has 0 fully saturated rings. The Morgan fingerprint density at radius 3 is 2.43 bits per heavy atom. The van der Waals surface area contributed by atoms with Crippen LogP contribution in [-0.2, 0) is 0 Å². The van der Waals surface area contributed by atoms with Gasteiger partial charge in [0.2, 0.25) is 5.88 Å². The predicted molar refractivity (Wildman–Crippen MR) is 41.8 cm³/mol. The van der Waals surface area contributed by atoms with Gasteiger partial charge in [-0.05, 0) is 6.07 Å². The van der Waals surface area contributed by atoms with E-state index in [1.807, 2.05) is 0 Å². The molecule has 78 valence electrons. The van der Waals surface area contributed by atoms with E-state index in [1.165, 1.54) is 13.2 Å². The molecule has 0 aliphatic heterocycles. The van der Waals surface area contributed by atoms with E-state index in [1.54, 1.807) is 0 Å². The summed E-state index contributed by atoms with van der Waals surface area (Å²) >= 11 is 0. The van der Waals surface area contributed by atoms with Crippen molar-refractivity contribution in [2.75, 3.05) is 7.11 Å². The highest BCUT2D eigenvalue weighted by molar-refractivity contribution is 5.20. The first kappa shape index (κ1) is 10.8. The molecule has 0 amide bonds. The molecule has 0 aliphatic carbocycles. The van der Waals surface area contributed by atoms with Crippen molar-refractivity contribution >= 4 is 0 Å². The standard InChI is InChI=1S/C8H8F3NO2/c1-14-6-3-2-5(4-12-6)7(13)8(9,10)11/h2-4,7,13H,1H3/t7-/m0/s1. The van der Waals surface area contributed by atoms with Gasteiger partial charge in [-0.25, -0.2) is 4.98 Å². The topological polar surface area (TPSA) is 42.4 Å². The Bertz CT molecular complexity index is 296. The van der Waals surface area contributed by atoms with E-state index >= 15 is 0 Å². The van der Waals surface area contributed by atoms with Crippen LogP contribution in [0.4, 0.5) is 13.2 Å². The first-order valence-corrected chi connectivity index (χ1v) is 3.70. The Morgan fingerprint density at radius 1 is 1.43 bits per heavy atom. The summed E-state index contributed by atoms with van der Waals surface area (Å²) in [6, 6.07) is 2.37. The van der Waals surface area contributed by atoms with Gasteiger partial charge < -0.3 is 9.84 Å². The number of rotatable bonds is 2. The second kappa shape index (κ2) is 3.83. The van der Waals surface area contributed by atoms with Crippen molar-refractivity contribution in [1.29, 1.82) is 0 Å². The minimum absolute atomic E-state index is 0.197. The third kappa shape index (κ3) is 2.35. The molecule has 0 bridgehead atoms. The Morgan fingerprint density at radius 2 is 2.07 bits per heavy atom. The zero-order valence-corrected chi connectivity index (χ0v) is 7.25. The van der Waals surface area contributed by atoms with E-state index in [0.29, 0.717) is 0 Å². The van der Waals surface area contributed by atoms with Crippen LogP contribution in [-0.4, -0.2) is 23.4 Å². The Kier molecular flexibility index (Phi) is 2.95. The normalized spacial score (nSPS) is 13.8. The highest BCUT2D eigenvalue weighted by atomic mass is 19.4. The lowest BCUT2D eigenvalue weighted by molar-refractivity contribution is -0.206. The van der Waals surface area contributed by atoms with Crippen LogP contribution in [0.1, 0.15) is 11.7 Å². The fourth-order valence-corrected chi connectivity index (χ4v) is 0.863. The molecular weight excluding hydrogens is 199 g/mol. The number of aliphatic hydroxyl groups is 1. The molecule has 1 aromatic heterocycles. The summed E-state index contributed by atoms with van der Waals surface area (Å²) in [5.41, 5.74) is -0.307. The number of hydrogen-bond acceptors (Lipinski definition) is 3. The van der Waals surface area contributed by atoms with E-state index in [4.69, 9.17) is 5.11 Å². The van der Waals surface area contributed by atoms with Gasteiger partial charge in [0.25, 0.3) is 0 Å². The lowest BCUT2D eigenvalue weighted by Crippen LogP contribution is -2.20. The van der Waals surface area contributed by atoms with Crippen LogP contribution >= 0.6 is 0 Å². The number of hydrogen-bond donors (Lipinski definition) is 1. The zero-order valence-electron chi connectivity index (χ0n) is 7.25. The van der Waals surface area contributed by atoms with Crippen LogP contribution in [0, 0.1) is 0 Å². The van der Waals surface area contributed by atoms with Crippen molar-refractivity contribution < 1.29 is 23.0 Å². The minimum Gasteiger partial charge on any atom is -0.481 e. The third-order valence-corrected chi connectivity index (χ3v) is 1.59. The minimum atomic E-state index is -4.67. The van der Waals surface area contributed by atoms with Crippen LogP contribution in [0.3, 0.4) is 0 Å². The molecule has 1 N–H and O–H groups in total. The Hall–Kier alpha value is -1.30. The summed E-state index contributed by atoms with van der Waals surface area (Å²) < 4.78 is 40.7. The Labute approximate surface area is 78.2 Å². The average molecular weight is 207 g/mol. The van der Waals surface area contributed by atoms with Crippen LogP contribution < -0.4 is 4.74 Å². The molecular formula is C8H8F3NO2. The summed E-state index contributed by atoms with van der Waals surface area (Å²) in [6.45, 7) is 0. The Balaban J connectivity index is 2.87. The molecule has 1 aromatic rings. The molecule has 0 unspecified atom stereocenters. The zero-order chi connectivity index (χ0) is 10.8. The second-order valence-corrected chi connectivity index (χ2v) is 2.58. The van der Waals surface area contributed by atoms with Crippen molar-refractivity contribution in [3.8, 4) is 5.88 Å². The van der Waals surface area contributed by atoms with Crippen molar-refractivity contribution in [2.24, 2.45) is 0 Å². The molecule has 0 saturated carbocycles. The fourth-order valence-electron chi connectivity index (χ4n) is 0.863. The van der Waals surface area contributed by atoms with Gasteiger partial charge in [-0.15, -0.1) is 0 Å². The van der Waals surface area contributed by atoms with Crippen molar-refractivity contribution in [3.63, 3.8) is 0 Å². The van der Waals surface area contributed by atoms with Gasteiger partial charge in [-0.1, -0.05) is 0 Å². The summed E-state index contributed by atoms with van der Waals surface area (Å²) in [5, 5.41) is 8.81. The van der Waals surface area contributed by atoms with Crippen LogP contribution in [0.15, 0.2) is 18.3 Å². The van der Waals surface area contributed by atoms with Crippen molar-refractivity contribution in [3.05, 3.63) is 23.9 Å². The number of nitrogens with zero attached hydrogens (tertiary/aromatic N) is 1. The highest BCUT2D eigenvalue weighted by Gasteiger charge is 2.39. The van der Waals surface area contributed by atoms with Gasteiger partial charge in [0.15, 0.2) is 6.10 Å². The highest BCUT2D eigenvalue weighted by Crippen LogP contribution is 2.32. The van der Waals surface area contributed by atoms with E-state index < -0.39 is 12.3 Å². The number of aliphatic hydroxyl groups excluding tert-OH is 1. The predicted octanol–water partition coefficient (Wildman–Crippen LogP) is 1.69. The number of alkyl halides is 3. The van der Waals surface area contributed by atoms with Crippen molar-refractivity contribution in [2.45, 2.75) is 12.3 Å². The summed E-state index contributed by atoms with van der Waals surface area (Å²) in [6.07, 6.45) is -6.24. The van der Waals surface area contributed by atoms with Gasteiger partial charge in [0, 0.05) is 17.8 Å². The molecule has 0 spiro atoms. The quantitative estimate of drug-likeness (QED) is 0.802. The summed E-state index contributed by atoms with van der Waals surface area (Å²) in [7, 11) is 1.35. The molecule has 6 heteroatoms. The van der Waals surface area contributed by atoms with Gasteiger partial charge in [0.1, 0.15) is 0 Å². The van der Waals surface area contributed by atoms with Crippen LogP contribution in [0.25, 0.3) is 0 Å². The molecule has 1 heterocycles. The van der Waals surface area contributed by atoms with Crippen LogP contribution in [0.2, 0.25) is 0 Å². The van der Waals surface area contributed by atoms with Crippen molar-refractivity contribution in [1.82, 2.24) is 4.98 Å². The van der Waals surface area contributed by atoms with E-state index in [2.05, 4.69) is 9.72 Å².